The zero-order chi connectivity index (χ0) is 21.9. The van der Waals surface area contributed by atoms with E-state index in [-0.39, 0.29) is 38.5 Å². The van der Waals surface area contributed by atoms with Crippen molar-refractivity contribution in [2.24, 2.45) is 0 Å². The summed E-state index contributed by atoms with van der Waals surface area (Å²) in [7, 11) is 0. The largest absolute Gasteiger partial charge is 0.396 e. The van der Waals surface area contributed by atoms with Crippen molar-refractivity contribution in [1.82, 2.24) is 10.6 Å². The molecule has 0 bridgehead atoms. The SMILES string of the molecule is OCCC(CCO)NCc1ccccc1.OCCC(CCO)NCc1ccccc1. The minimum absolute atomic E-state index is 0.159. The van der Waals surface area contributed by atoms with E-state index in [9.17, 15) is 0 Å². The molecular weight excluding hydrogens is 380 g/mol. The quantitative estimate of drug-likeness (QED) is 0.280. The number of aliphatic hydroxyl groups is 4. The van der Waals surface area contributed by atoms with Gasteiger partial charge in [0.1, 0.15) is 0 Å². The van der Waals surface area contributed by atoms with Gasteiger partial charge in [-0.25, -0.2) is 0 Å². The number of hydrogen-bond donors (Lipinski definition) is 6. The first-order valence-electron chi connectivity index (χ1n) is 10.7. The molecule has 6 nitrogen and oxygen atoms in total. The second kappa shape index (κ2) is 18.0. The van der Waals surface area contributed by atoms with E-state index in [0.717, 1.165) is 13.1 Å². The van der Waals surface area contributed by atoms with Crippen LogP contribution in [0, 0.1) is 0 Å². The monoisotopic (exact) mass is 418 g/mol. The third-order valence-electron chi connectivity index (χ3n) is 4.79. The normalized spacial score (nSPS) is 10.9. The Hall–Kier alpha value is -1.80. The van der Waals surface area contributed by atoms with Crippen LogP contribution in [0.1, 0.15) is 36.8 Å². The molecular formula is C24H38N2O4. The predicted molar refractivity (Wildman–Crippen MR) is 121 cm³/mol. The molecule has 0 heterocycles. The first-order chi connectivity index (χ1) is 14.7. The Balaban J connectivity index is 0.000000300. The number of rotatable bonds is 14. The maximum atomic E-state index is 8.84. The summed E-state index contributed by atoms with van der Waals surface area (Å²) in [5.74, 6) is 0. The molecule has 0 amide bonds. The molecule has 6 heteroatoms. The highest BCUT2D eigenvalue weighted by Gasteiger charge is 2.07. The molecule has 168 valence electrons. The Morgan fingerprint density at radius 1 is 0.500 bits per heavy atom. The lowest BCUT2D eigenvalue weighted by Crippen LogP contribution is -2.30. The van der Waals surface area contributed by atoms with Crippen molar-refractivity contribution in [2.45, 2.75) is 50.9 Å². The topological polar surface area (TPSA) is 105 Å². The van der Waals surface area contributed by atoms with Gasteiger partial charge in [-0.15, -0.1) is 0 Å². The summed E-state index contributed by atoms with van der Waals surface area (Å²) in [6.07, 6.45) is 2.75. The van der Waals surface area contributed by atoms with Crippen molar-refractivity contribution in [3.05, 3.63) is 71.8 Å². The van der Waals surface area contributed by atoms with Crippen LogP contribution in [-0.2, 0) is 13.1 Å². The second-order valence-corrected chi connectivity index (χ2v) is 7.18. The van der Waals surface area contributed by atoms with Gasteiger partial charge in [-0.2, -0.15) is 0 Å². The molecule has 30 heavy (non-hydrogen) atoms. The fourth-order valence-electron chi connectivity index (χ4n) is 3.04. The minimum atomic E-state index is 0.159. The van der Waals surface area contributed by atoms with E-state index < -0.39 is 0 Å². The highest BCUT2D eigenvalue weighted by Crippen LogP contribution is 2.03. The van der Waals surface area contributed by atoms with Gasteiger partial charge in [0, 0.05) is 51.6 Å². The molecule has 0 radical (unpaired) electrons. The smallest absolute Gasteiger partial charge is 0.0445 e. The summed E-state index contributed by atoms with van der Waals surface area (Å²) in [5.41, 5.74) is 2.44. The summed E-state index contributed by atoms with van der Waals surface area (Å²) in [6, 6.07) is 20.6. The van der Waals surface area contributed by atoms with Crippen LogP contribution in [0.5, 0.6) is 0 Å². The van der Waals surface area contributed by atoms with Crippen molar-refractivity contribution in [1.29, 1.82) is 0 Å². The zero-order valence-corrected chi connectivity index (χ0v) is 17.8. The maximum Gasteiger partial charge on any atom is 0.0445 e. The van der Waals surface area contributed by atoms with Gasteiger partial charge in [-0.05, 0) is 36.8 Å². The molecule has 6 N–H and O–H groups in total. The predicted octanol–water partition coefficient (Wildman–Crippen LogP) is 1.82. The highest BCUT2D eigenvalue weighted by atomic mass is 16.3. The molecule has 0 aliphatic carbocycles. The van der Waals surface area contributed by atoms with Crippen LogP contribution in [0.3, 0.4) is 0 Å². The number of aliphatic hydroxyl groups excluding tert-OH is 4. The summed E-state index contributed by atoms with van der Waals surface area (Å²) in [4.78, 5) is 0. The lowest BCUT2D eigenvalue weighted by molar-refractivity contribution is 0.226. The van der Waals surface area contributed by atoms with Crippen molar-refractivity contribution < 1.29 is 20.4 Å². The number of hydrogen-bond acceptors (Lipinski definition) is 6. The molecule has 0 saturated carbocycles. The molecule has 0 atom stereocenters. The van der Waals surface area contributed by atoms with Crippen LogP contribution < -0.4 is 10.6 Å². The van der Waals surface area contributed by atoms with Crippen LogP contribution in [-0.4, -0.2) is 58.9 Å². The number of nitrogens with one attached hydrogen (secondary N) is 2. The van der Waals surface area contributed by atoms with E-state index in [2.05, 4.69) is 34.9 Å². The van der Waals surface area contributed by atoms with E-state index in [1.165, 1.54) is 11.1 Å². The van der Waals surface area contributed by atoms with Gasteiger partial charge in [0.2, 0.25) is 0 Å². The van der Waals surface area contributed by atoms with E-state index >= 15 is 0 Å². The van der Waals surface area contributed by atoms with Crippen molar-refractivity contribution in [3.63, 3.8) is 0 Å². The minimum Gasteiger partial charge on any atom is -0.396 e. The molecule has 0 aliphatic heterocycles. The van der Waals surface area contributed by atoms with Gasteiger partial charge in [0.15, 0.2) is 0 Å². The summed E-state index contributed by atoms with van der Waals surface area (Å²) < 4.78 is 0. The maximum absolute atomic E-state index is 8.84. The number of benzene rings is 2. The third-order valence-corrected chi connectivity index (χ3v) is 4.79. The lowest BCUT2D eigenvalue weighted by Gasteiger charge is -2.16. The Kier molecular flexibility index (Phi) is 15.7. The first kappa shape index (κ1) is 26.2. The zero-order valence-electron chi connectivity index (χ0n) is 17.8. The molecule has 0 fully saturated rings. The highest BCUT2D eigenvalue weighted by molar-refractivity contribution is 5.15. The van der Waals surface area contributed by atoms with E-state index in [1.807, 2.05) is 36.4 Å². The molecule has 0 aliphatic rings. The van der Waals surface area contributed by atoms with Gasteiger partial charge in [0.05, 0.1) is 0 Å². The Bertz CT molecular complexity index is 546. The first-order valence-corrected chi connectivity index (χ1v) is 10.7. The van der Waals surface area contributed by atoms with Gasteiger partial charge in [-0.3, -0.25) is 0 Å². The van der Waals surface area contributed by atoms with Gasteiger partial charge >= 0.3 is 0 Å². The lowest BCUT2D eigenvalue weighted by atomic mass is 10.1. The molecule has 0 unspecified atom stereocenters. The summed E-state index contributed by atoms with van der Waals surface area (Å²) in [6.45, 7) is 2.20. The van der Waals surface area contributed by atoms with Crippen LogP contribution in [0.25, 0.3) is 0 Å². The standard InChI is InChI=1S/2C12H19NO2/c2*14-8-6-12(7-9-15)13-10-11-4-2-1-3-5-11/h2*1-5,12-15H,6-10H2. The molecule has 0 spiro atoms. The van der Waals surface area contributed by atoms with Gasteiger partial charge in [-0.1, -0.05) is 60.7 Å². The van der Waals surface area contributed by atoms with Crippen molar-refractivity contribution >= 4 is 0 Å². The molecule has 0 saturated heterocycles. The van der Waals surface area contributed by atoms with Crippen molar-refractivity contribution in [2.75, 3.05) is 26.4 Å². The molecule has 2 aromatic carbocycles. The van der Waals surface area contributed by atoms with Gasteiger partial charge in [0.25, 0.3) is 0 Å². The van der Waals surface area contributed by atoms with Crippen LogP contribution in [0.4, 0.5) is 0 Å². The summed E-state index contributed by atoms with van der Waals surface area (Å²) in [5, 5.41) is 42.0. The average Bonchev–Trinajstić information content (AvgIpc) is 2.78. The Labute approximate surface area is 180 Å². The third kappa shape index (κ3) is 12.7. The van der Waals surface area contributed by atoms with Crippen LogP contribution >= 0.6 is 0 Å². The van der Waals surface area contributed by atoms with Crippen LogP contribution in [0.2, 0.25) is 0 Å². The van der Waals surface area contributed by atoms with Gasteiger partial charge < -0.3 is 31.1 Å². The Morgan fingerprint density at radius 2 is 0.800 bits per heavy atom. The summed E-state index contributed by atoms with van der Waals surface area (Å²) >= 11 is 0. The molecule has 2 aromatic rings. The fourth-order valence-corrected chi connectivity index (χ4v) is 3.04. The van der Waals surface area contributed by atoms with Crippen molar-refractivity contribution in [3.8, 4) is 0 Å². The molecule has 0 aromatic heterocycles. The van der Waals surface area contributed by atoms with E-state index in [4.69, 9.17) is 20.4 Å². The van der Waals surface area contributed by atoms with E-state index in [1.54, 1.807) is 0 Å². The Morgan fingerprint density at radius 3 is 1.07 bits per heavy atom. The van der Waals surface area contributed by atoms with Crippen LogP contribution in [0.15, 0.2) is 60.7 Å². The van der Waals surface area contributed by atoms with E-state index in [0.29, 0.717) is 25.7 Å². The average molecular weight is 419 g/mol. The molecule has 2 rings (SSSR count). The fraction of sp³-hybridized carbons (Fsp3) is 0.500. The second-order valence-electron chi connectivity index (χ2n) is 7.18.